The molecule has 152 valence electrons. The van der Waals surface area contributed by atoms with Crippen molar-refractivity contribution in [1.82, 2.24) is 0 Å². The summed E-state index contributed by atoms with van der Waals surface area (Å²) in [6, 6.07) is 7.28. The topological polar surface area (TPSA) is 73.9 Å². The minimum absolute atomic E-state index is 0.356. The molecule has 2 aromatic rings. The maximum Gasteiger partial charge on any atom is 0.331 e. The summed E-state index contributed by atoms with van der Waals surface area (Å²) in [5.41, 5.74) is 1.67. The highest BCUT2D eigenvalue weighted by molar-refractivity contribution is 7.11. The Labute approximate surface area is 173 Å². The number of fused-ring (bicyclic) bond motifs is 1. The Morgan fingerprint density at radius 3 is 2.72 bits per heavy atom. The lowest BCUT2D eigenvalue weighted by Crippen LogP contribution is -2.40. The molecule has 2 heterocycles. The van der Waals surface area contributed by atoms with Gasteiger partial charge in [-0.25, -0.2) is 4.79 Å². The van der Waals surface area contributed by atoms with Crippen molar-refractivity contribution in [3.05, 3.63) is 46.2 Å². The van der Waals surface area contributed by atoms with E-state index in [9.17, 15) is 9.59 Å². The average molecular weight is 413 g/mol. The van der Waals surface area contributed by atoms with Crippen LogP contribution in [0.15, 0.2) is 35.7 Å². The Balaban J connectivity index is 1.28. The number of thiophene rings is 1. The molecule has 0 atom stereocenters. The number of hydrogen-bond donors (Lipinski definition) is 1. The monoisotopic (exact) mass is 413 g/mol. The Morgan fingerprint density at radius 1 is 1.17 bits per heavy atom. The van der Waals surface area contributed by atoms with Crippen molar-refractivity contribution in [2.45, 2.75) is 44.8 Å². The third-order valence-electron chi connectivity index (χ3n) is 5.05. The molecule has 4 rings (SSSR count). The molecular weight excluding hydrogens is 390 g/mol. The molecular formula is C22H23NO5S. The van der Waals surface area contributed by atoms with E-state index in [1.807, 2.05) is 18.4 Å². The SMILES string of the molecule is Cc1ccsc1/C=C/C(=O)OCC(=O)Nc1ccc2c(c1)OC1(CCCCC1)O2. The van der Waals surface area contributed by atoms with Gasteiger partial charge in [-0.2, -0.15) is 0 Å². The number of rotatable bonds is 5. The van der Waals surface area contributed by atoms with Crippen molar-refractivity contribution in [3.8, 4) is 11.5 Å². The summed E-state index contributed by atoms with van der Waals surface area (Å²) >= 11 is 1.54. The van der Waals surface area contributed by atoms with Crippen LogP contribution in [0.1, 0.15) is 42.5 Å². The Hall–Kier alpha value is -2.80. The average Bonchev–Trinajstić information content (AvgIpc) is 3.27. The van der Waals surface area contributed by atoms with Crippen LogP contribution in [0.25, 0.3) is 6.08 Å². The van der Waals surface area contributed by atoms with Crippen molar-refractivity contribution < 1.29 is 23.8 Å². The van der Waals surface area contributed by atoms with Crippen molar-refractivity contribution >= 4 is 35.0 Å². The molecule has 6 nitrogen and oxygen atoms in total. The van der Waals surface area contributed by atoms with Gasteiger partial charge in [0.2, 0.25) is 0 Å². The molecule has 0 saturated heterocycles. The van der Waals surface area contributed by atoms with E-state index in [2.05, 4.69) is 5.32 Å². The number of aryl methyl sites for hydroxylation is 1. The molecule has 0 unspecified atom stereocenters. The van der Waals surface area contributed by atoms with Crippen LogP contribution in [0.2, 0.25) is 0 Å². The largest absolute Gasteiger partial charge is 0.452 e. The van der Waals surface area contributed by atoms with Crippen molar-refractivity contribution in [2.24, 2.45) is 0 Å². The van der Waals surface area contributed by atoms with Gasteiger partial charge >= 0.3 is 5.97 Å². The van der Waals surface area contributed by atoms with Gasteiger partial charge in [0.05, 0.1) is 0 Å². The number of nitrogens with one attached hydrogen (secondary N) is 1. The molecule has 7 heteroatoms. The summed E-state index contributed by atoms with van der Waals surface area (Å²) in [6.07, 6.45) is 8.14. The fourth-order valence-electron chi connectivity index (χ4n) is 3.55. The second kappa shape index (κ2) is 8.29. The summed E-state index contributed by atoms with van der Waals surface area (Å²) in [4.78, 5) is 24.9. The molecule has 29 heavy (non-hydrogen) atoms. The fourth-order valence-corrected chi connectivity index (χ4v) is 4.37. The highest BCUT2D eigenvalue weighted by Crippen LogP contribution is 2.46. The van der Waals surface area contributed by atoms with Crippen LogP contribution in [0, 0.1) is 6.92 Å². The van der Waals surface area contributed by atoms with Crippen molar-refractivity contribution in [1.29, 1.82) is 0 Å². The molecule has 2 aliphatic rings. The molecule has 0 radical (unpaired) electrons. The number of esters is 1. The van der Waals surface area contributed by atoms with Gasteiger partial charge in [-0.3, -0.25) is 4.79 Å². The number of carbonyl (C=O) groups excluding carboxylic acids is 2. The Bertz CT molecular complexity index is 942. The predicted octanol–water partition coefficient (Wildman–Crippen LogP) is 4.68. The van der Waals surface area contributed by atoms with Gasteiger partial charge in [-0.1, -0.05) is 6.42 Å². The first-order chi connectivity index (χ1) is 14.0. The highest BCUT2D eigenvalue weighted by Gasteiger charge is 2.42. The summed E-state index contributed by atoms with van der Waals surface area (Å²) in [7, 11) is 0. The zero-order valence-electron chi connectivity index (χ0n) is 16.2. The maximum atomic E-state index is 12.1. The third kappa shape index (κ3) is 4.62. The number of carbonyl (C=O) groups is 2. The van der Waals surface area contributed by atoms with E-state index in [4.69, 9.17) is 14.2 Å². The number of benzene rings is 1. The molecule has 1 amide bonds. The van der Waals surface area contributed by atoms with Gasteiger partial charge in [0, 0.05) is 35.5 Å². The van der Waals surface area contributed by atoms with E-state index in [-0.39, 0.29) is 6.61 Å². The smallest absolute Gasteiger partial charge is 0.331 e. The van der Waals surface area contributed by atoms with Gasteiger partial charge < -0.3 is 19.5 Å². The Morgan fingerprint density at radius 2 is 1.97 bits per heavy atom. The molecule has 0 bridgehead atoms. The normalized spacial score (nSPS) is 16.9. The fraction of sp³-hybridized carbons (Fsp3) is 0.364. The van der Waals surface area contributed by atoms with Crippen molar-refractivity contribution in [3.63, 3.8) is 0 Å². The van der Waals surface area contributed by atoms with E-state index in [1.54, 1.807) is 24.3 Å². The Kier molecular flexibility index (Phi) is 5.58. The van der Waals surface area contributed by atoms with Gasteiger partial charge in [-0.05, 0) is 55.0 Å². The minimum Gasteiger partial charge on any atom is -0.452 e. The van der Waals surface area contributed by atoms with Gasteiger partial charge in [0.25, 0.3) is 11.7 Å². The first kappa shape index (κ1) is 19.5. The van der Waals surface area contributed by atoms with Crippen LogP contribution in [-0.4, -0.2) is 24.3 Å². The predicted molar refractivity (Wildman–Crippen MR) is 111 cm³/mol. The second-order valence-electron chi connectivity index (χ2n) is 7.29. The summed E-state index contributed by atoms with van der Waals surface area (Å²) < 4.78 is 17.1. The molecule has 1 spiro atoms. The first-order valence-electron chi connectivity index (χ1n) is 9.74. The molecule has 1 aromatic heterocycles. The van der Waals surface area contributed by atoms with Gasteiger partial charge in [0.15, 0.2) is 18.1 Å². The zero-order chi connectivity index (χ0) is 20.3. The third-order valence-corrected chi connectivity index (χ3v) is 6.04. The van der Waals surface area contributed by atoms with Crippen LogP contribution < -0.4 is 14.8 Å². The van der Waals surface area contributed by atoms with Crippen LogP contribution in [0.4, 0.5) is 5.69 Å². The molecule has 1 fully saturated rings. The molecule has 1 aromatic carbocycles. The van der Waals surface area contributed by atoms with Crippen LogP contribution in [0.5, 0.6) is 11.5 Å². The van der Waals surface area contributed by atoms with Crippen LogP contribution in [0.3, 0.4) is 0 Å². The molecule has 1 saturated carbocycles. The lowest BCUT2D eigenvalue weighted by Gasteiger charge is -2.31. The first-order valence-corrected chi connectivity index (χ1v) is 10.6. The van der Waals surface area contributed by atoms with E-state index in [0.29, 0.717) is 17.2 Å². The van der Waals surface area contributed by atoms with E-state index < -0.39 is 17.7 Å². The van der Waals surface area contributed by atoms with E-state index in [1.165, 1.54) is 23.8 Å². The summed E-state index contributed by atoms with van der Waals surface area (Å²) in [5, 5.41) is 4.68. The van der Waals surface area contributed by atoms with Gasteiger partial charge in [0.1, 0.15) is 0 Å². The lowest BCUT2D eigenvalue weighted by molar-refractivity contribution is -0.142. The lowest BCUT2D eigenvalue weighted by atomic mass is 9.94. The number of amides is 1. The number of ether oxygens (including phenoxy) is 3. The standard InChI is InChI=1S/C22H23NO5S/c1-15-9-12-29-19(15)7-8-21(25)26-14-20(24)23-16-5-6-17-18(13-16)28-22(27-17)10-3-2-4-11-22/h5-9,12-13H,2-4,10-11,14H2,1H3,(H,23,24)/b8-7+. The van der Waals surface area contributed by atoms with Crippen LogP contribution in [-0.2, 0) is 14.3 Å². The molecule has 1 aliphatic carbocycles. The number of anilines is 1. The number of hydrogen-bond acceptors (Lipinski definition) is 6. The zero-order valence-corrected chi connectivity index (χ0v) is 17.1. The second-order valence-corrected chi connectivity index (χ2v) is 8.24. The summed E-state index contributed by atoms with van der Waals surface area (Å²) in [6.45, 7) is 1.61. The van der Waals surface area contributed by atoms with Crippen molar-refractivity contribution in [2.75, 3.05) is 11.9 Å². The highest BCUT2D eigenvalue weighted by atomic mass is 32.1. The quantitative estimate of drug-likeness (QED) is 0.569. The summed E-state index contributed by atoms with van der Waals surface area (Å²) in [5.74, 6) is -0.184. The minimum atomic E-state index is -0.558. The van der Waals surface area contributed by atoms with E-state index in [0.717, 1.165) is 36.1 Å². The van der Waals surface area contributed by atoms with Crippen LogP contribution >= 0.6 is 11.3 Å². The molecule has 1 aliphatic heterocycles. The maximum absolute atomic E-state index is 12.1. The van der Waals surface area contributed by atoms with Gasteiger partial charge in [-0.15, -0.1) is 11.3 Å². The molecule has 1 N–H and O–H groups in total. The van der Waals surface area contributed by atoms with E-state index >= 15 is 0 Å².